The maximum Gasteiger partial charge on any atom is 0.165 e. The van der Waals surface area contributed by atoms with Crippen molar-refractivity contribution in [3.63, 3.8) is 0 Å². The van der Waals surface area contributed by atoms with E-state index in [1.165, 1.54) is 24.6 Å². The second-order valence-electron chi connectivity index (χ2n) is 5.06. The van der Waals surface area contributed by atoms with E-state index in [2.05, 4.69) is 6.92 Å². The molecule has 2 aromatic carbocycles. The summed E-state index contributed by atoms with van der Waals surface area (Å²) in [6, 6.07) is 10.9. The van der Waals surface area contributed by atoms with Crippen molar-refractivity contribution in [3.8, 4) is 16.9 Å². The number of hydrogen-bond acceptors (Lipinski definition) is 1. The van der Waals surface area contributed by atoms with Gasteiger partial charge in [0.1, 0.15) is 5.82 Å². The molecular formula is C18H20F2O. The molecule has 0 atom stereocenters. The minimum absolute atomic E-state index is 0.256. The smallest absolute Gasteiger partial charge is 0.165 e. The maximum atomic E-state index is 14.0. The summed E-state index contributed by atoms with van der Waals surface area (Å²) in [5.41, 5.74) is 1.30. The standard InChI is InChI=1S/C18H20F2O/c1-2-3-4-5-11-21-18-10-9-15(13-17(18)20)14-7-6-8-16(19)12-14/h6-10,12-13H,2-5,11H2,1H3. The summed E-state index contributed by atoms with van der Waals surface area (Å²) in [6.07, 6.45) is 4.36. The molecule has 3 heteroatoms. The molecule has 0 aliphatic carbocycles. The van der Waals surface area contributed by atoms with E-state index < -0.39 is 5.82 Å². The summed E-state index contributed by atoms with van der Waals surface area (Å²) in [7, 11) is 0. The van der Waals surface area contributed by atoms with Crippen molar-refractivity contribution in [1.82, 2.24) is 0 Å². The fourth-order valence-electron chi connectivity index (χ4n) is 2.18. The van der Waals surface area contributed by atoms with Gasteiger partial charge in [-0.05, 0) is 41.8 Å². The highest BCUT2D eigenvalue weighted by Crippen LogP contribution is 2.26. The molecule has 0 aliphatic heterocycles. The Morgan fingerprint density at radius 2 is 1.71 bits per heavy atom. The van der Waals surface area contributed by atoms with Crippen molar-refractivity contribution in [2.75, 3.05) is 6.61 Å². The molecule has 0 N–H and O–H groups in total. The zero-order valence-electron chi connectivity index (χ0n) is 12.2. The van der Waals surface area contributed by atoms with Gasteiger partial charge in [0.15, 0.2) is 11.6 Å². The van der Waals surface area contributed by atoms with Gasteiger partial charge in [-0.15, -0.1) is 0 Å². The van der Waals surface area contributed by atoms with E-state index in [1.54, 1.807) is 24.3 Å². The molecular weight excluding hydrogens is 270 g/mol. The molecule has 2 rings (SSSR count). The van der Waals surface area contributed by atoms with Gasteiger partial charge in [0, 0.05) is 0 Å². The van der Waals surface area contributed by atoms with E-state index in [-0.39, 0.29) is 11.6 Å². The Balaban J connectivity index is 2.00. The third-order valence-electron chi connectivity index (χ3n) is 3.35. The Labute approximate surface area is 124 Å². The molecule has 0 aromatic heterocycles. The van der Waals surface area contributed by atoms with Crippen molar-refractivity contribution in [2.45, 2.75) is 32.6 Å². The quantitative estimate of drug-likeness (QED) is 0.604. The van der Waals surface area contributed by atoms with Crippen LogP contribution in [-0.2, 0) is 0 Å². The largest absolute Gasteiger partial charge is 0.491 e. The molecule has 2 aromatic rings. The third kappa shape index (κ3) is 4.55. The first-order valence-corrected chi connectivity index (χ1v) is 7.39. The molecule has 1 nitrogen and oxygen atoms in total. The molecule has 112 valence electrons. The van der Waals surface area contributed by atoms with Crippen molar-refractivity contribution >= 4 is 0 Å². The van der Waals surface area contributed by atoms with Gasteiger partial charge in [-0.3, -0.25) is 0 Å². The maximum absolute atomic E-state index is 14.0. The number of benzene rings is 2. The van der Waals surface area contributed by atoms with Crippen molar-refractivity contribution < 1.29 is 13.5 Å². The lowest BCUT2D eigenvalue weighted by Crippen LogP contribution is -1.99. The van der Waals surface area contributed by atoms with E-state index in [0.29, 0.717) is 17.7 Å². The monoisotopic (exact) mass is 290 g/mol. The van der Waals surface area contributed by atoms with Crippen LogP contribution in [0, 0.1) is 11.6 Å². The van der Waals surface area contributed by atoms with Gasteiger partial charge in [-0.25, -0.2) is 8.78 Å². The van der Waals surface area contributed by atoms with Crippen LogP contribution in [0.4, 0.5) is 8.78 Å². The second kappa shape index (κ2) is 7.77. The van der Waals surface area contributed by atoms with Gasteiger partial charge in [0.25, 0.3) is 0 Å². The Bertz CT molecular complexity index is 581. The van der Waals surface area contributed by atoms with E-state index in [9.17, 15) is 8.78 Å². The van der Waals surface area contributed by atoms with Crippen molar-refractivity contribution in [3.05, 3.63) is 54.1 Å². The fraction of sp³-hybridized carbons (Fsp3) is 0.333. The van der Waals surface area contributed by atoms with Gasteiger partial charge in [0.2, 0.25) is 0 Å². The third-order valence-corrected chi connectivity index (χ3v) is 3.35. The molecule has 0 radical (unpaired) electrons. The lowest BCUT2D eigenvalue weighted by Gasteiger charge is -2.09. The molecule has 0 saturated heterocycles. The zero-order valence-corrected chi connectivity index (χ0v) is 12.2. The molecule has 0 amide bonds. The highest BCUT2D eigenvalue weighted by Gasteiger charge is 2.07. The van der Waals surface area contributed by atoms with Crippen LogP contribution in [0.2, 0.25) is 0 Å². The van der Waals surface area contributed by atoms with Crippen LogP contribution >= 0.6 is 0 Å². The molecule has 0 spiro atoms. The van der Waals surface area contributed by atoms with E-state index in [0.717, 1.165) is 19.3 Å². The molecule has 21 heavy (non-hydrogen) atoms. The zero-order chi connectivity index (χ0) is 15.1. The van der Waals surface area contributed by atoms with E-state index in [1.807, 2.05) is 0 Å². The van der Waals surface area contributed by atoms with Gasteiger partial charge >= 0.3 is 0 Å². The highest BCUT2D eigenvalue weighted by molar-refractivity contribution is 5.64. The molecule has 0 aliphatic rings. The summed E-state index contributed by atoms with van der Waals surface area (Å²) in [4.78, 5) is 0. The Hall–Kier alpha value is -1.90. The number of rotatable bonds is 7. The minimum atomic E-state index is -0.410. The van der Waals surface area contributed by atoms with E-state index >= 15 is 0 Å². The van der Waals surface area contributed by atoms with E-state index in [4.69, 9.17) is 4.74 Å². The topological polar surface area (TPSA) is 9.23 Å². The van der Waals surface area contributed by atoms with Crippen molar-refractivity contribution in [2.24, 2.45) is 0 Å². The predicted octanol–water partition coefficient (Wildman–Crippen LogP) is 5.59. The average molecular weight is 290 g/mol. The summed E-state index contributed by atoms with van der Waals surface area (Å²) in [6.45, 7) is 2.67. The van der Waals surface area contributed by atoms with Gasteiger partial charge < -0.3 is 4.74 Å². The summed E-state index contributed by atoms with van der Waals surface area (Å²) in [5, 5.41) is 0. The van der Waals surface area contributed by atoms with Crippen LogP contribution in [0.15, 0.2) is 42.5 Å². The summed E-state index contributed by atoms with van der Waals surface area (Å²) < 4.78 is 32.6. The first kappa shape index (κ1) is 15.5. The van der Waals surface area contributed by atoms with Gasteiger partial charge in [-0.1, -0.05) is 44.4 Å². The second-order valence-corrected chi connectivity index (χ2v) is 5.06. The number of halogens is 2. The first-order chi connectivity index (χ1) is 10.2. The molecule has 0 fully saturated rings. The summed E-state index contributed by atoms with van der Waals surface area (Å²) in [5.74, 6) is -0.483. The predicted molar refractivity (Wildman–Crippen MR) is 81.4 cm³/mol. The fourth-order valence-corrected chi connectivity index (χ4v) is 2.18. The minimum Gasteiger partial charge on any atom is -0.491 e. The summed E-state index contributed by atoms with van der Waals surface area (Å²) >= 11 is 0. The van der Waals surface area contributed by atoms with Crippen LogP contribution in [-0.4, -0.2) is 6.61 Å². The van der Waals surface area contributed by atoms with Crippen molar-refractivity contribution in [1.29, 1.82) is 0 Å². The average Bonchev–Trinajstić information content (AvgIpc) is 2.48. The normalized spacial score (nSPS) is 10.6. The number of unbranched alkanes of at least 4 members (excludes halogenated alkanes) is 3. The van der Waals surface area contributed by atoms with Crippen LogP contribution in [0.1, 0.15) is 32.6 Å². The lowest BCUT2D eigenvalue weighted by molar-refractivity contribution is 0.290. The highest BCUT2D eigenvalue weighted by atomic mass is 19.1. The first-order valence-electron chi connectivity index (χ1n) is 7.39. The number of hydrogen-bond donors (Lipinski definition) is 0. The number of ether oxygens (including phenoxy) is 1. The molecule has 0 bridgehead atoms. The lowest BCUT2D eigenvalue weighted by atomic mass is 10.1. The van der Waals surface area contributed by atoms with Crippen LogP contribution in [0.25, 0.3) is 11.1 Å². The van der Waals surface area contributed by atoms with Gasteiger partial charge in [0.05, 0.1) is 6.61 Å². The molecule has 0 saturated carbocycles. The Kier molecular flexibility index (Phi) is 5.73. The Morgan fingerprint density at radius 3 is 2.43 bits per heavy atom. The van der Waals surface area contributed by atoms with Crippen LogP contribution in [0.5, 0.6) is 5.75 Å². The van der Waals surface area contributed by atoms with Crippen LogP contribution in [0.3, 0.4) is 0 Å². The molecule has 0 unspecified atom stereocenters. The van der Waals surface area contributed by atoms with Crippen LogP contribution < -0.4 is 4.74 Å². The Morgan fingerprint density at radius 1 is 0.905 bits per heavy atom. The van der Waals surface area contributed by atoms with Gasteiger partial charge in [-0.2, -0.15) is 0 Å². The SMILES string of the molecule is CCCCCCOc1ccc(-c2cccc(F)c2)cc1F. The molecule has 0 heterocycles.